The summed E-state index contributed by atoms with van der Waals surface area (Å²) in [6, 6.07) is 5.03. The van der Waals surface area contributed by atoms with Gasteiger partial charge in [0.1, 0.15) is 13.1 Å². The lowest BCUT2D eigenvalue weighted by Crippen LogP contribution is -2.88. The number of hydrogen-bond acceptors (Lipinski definition) is 3. The Hall–Kier alpha value is -1.66. The predicted octanol–water partition coefficient (Wildman–Crippen LogP) is -0.132. The zero-order chi connectivity index (χ0) is 14.1. The van der Waals surface area contributed by atoms with E-state index in [0.717, 1.165) is 38.0 Å². The van der Waals surface area contributed by atoms with Crippen molar-refractivity contribution < 1.29 is 20.7 Å². The second kappa shape index (κ2) is 8.44. The van der Waals surface area contributed by atoms with E-state index in [9.17, 15) is 10.1 Å². The van der Waals surface area contributed by atoms with E-state index in [1.54, 1.807) is 6.07 Å². The van der Waals surface area contributed by atoms with Crippen molar-refractivity contribution in [2.75, 3.05) is 26.2 Å². The van der Waals surface area contributed by atoms with Gasteiger partial charge in [0, 0.05) is 6.07 Å². The predicted molar refractivity (Wildman–Crippen MR) is 72.0 cm³/mol. The summed E-state index contributed by atoms with van der Waals surface area (Å²) in [5.74, 6) is 0.359. The molecule has 0 aliphatic rings. The fourth-order valence-corrected chi connectivity index (χ4v) is 1.75. The summed E-state index contributed by atoms with van der Waals surface area (Å²) in [4.78, 5) is 10.5. The van der Waals surface area contributed by atoms with Gasteiger partial charge in [0.25, 0.3) is 0 Å². The number of benzene rings is 1. The lowest BCUT2D eigenvalue weighted by Gasteiger charge is -2.07. The van der Waals surface area contributed by atoms with Gasteiger partial charge >= 0.3 is 5.69 Å². The van der Waals surface area contributed by atoms with Gasteiger partial charge in [0.2, 0.25) is 0 Å². The van der Waals surface area contributed by atoms with Crippen LogP contribution < -0.4 is 15.8 Å². The number of aryl methyl sites for hydroxylation is 1. The molecule has 0 aliphatic heterocycles. The molecular formula is C13H23N3O3+2. The van der Waals surface area contributed by atoms with E-state index in [1.165, 1.54) is 6.07 Å². The van der Waals surface area contributed by atoms with Crippen molar-refractivity contribution in [3.05, 3.63) is 33.9 Å². The number of unbranched alkanes of at least 4 members (excludes halogenated alkanes) is 1. The molecular weight excluding hydrogens is 246 g/mol. The minimum atomic E-state index is -0.398. The van der Waals surface area contributed by atoms with E-state index in [2.05, 4.69) is 11.1 Å². The van der Waals surface area contributed by atoms with Crippen LogP contribution in [0.3, 0.4) is 0 Å². The molecule has 0 aliphatic carbocycles. The quantitative estimate of drug-likeness (QED) is 0.371. The summed E-state index contributed by atoms with van der Waals surface area (Å²) in [5.41, 5.74) is 4.68. The van der Waals surface area contributed by atoms with Crippen LogP contribution in [0.5, 0.6) is 5.75 Å². The zero-order valence-corrected chi connectivity index (χ0v) is 11.4. The van der Waals surface area contributed by atoms with Crippen LogP contribution in [0.2, 0.25) is 0 Å². The van der Waals surface area contributed by atoms with Crippen LogP contribution in [0, 0.1) is 17.0 Å². The molecule has 0 fully saturated rings. The van der Waals surface area contributed by atoms with Crippen LogP contribution in [0.4, 0.5) is 5.69 Å². The minimum absolute atomic E-state index is 0.0450. The van der Waals surface area contributed by atoms with Crippen molar-refractivity contribution >= 4 is 5.69 Å². The number of hydrogen-bond donors (Lipinski definition) is 2. The van der Waals surface area contributed by atoms with Gasteiger partial charge < -0.3 is 15.8 Å². The van der Waals surface area contributed by atoms with Crippen LogP contribution in [0.15, 0.2) is 18.2 Å². The highest BCUT2D eigenvalue weighted by Gasteiger charge is 2.14. The minimum Gasteiger partial charge on any atom is -0.487 e. The van der Waals surface area contributed by atoms with E-state index < -0.39 is 4.92 Å². The maximum atomic E-state index is 10.9. The average Bonchev–Trinajstić information content (AvgIpc) is 2.39. The van der Waals surface area contributed by atoms with Crippen LogP contribution in [-0.2, 0) is 0 Å². The Kier molecular flexibility index (Phi) is 6.84. The van der Waals surface area contributed by atoms with E-state index in [1.807, 2.05) is 13.0 Å². The summed E-state index contributed by atoms with van der Waals surface area (Å²) in [6.45, 7) is 5.38. The van der Waals surface area contributed by atoms with Crippen LogP contribution in [0.25, 0.3) is 0 Å². The number of rotatable bonds is 9. The lowest BCUT2D eigenvalue weighted by molar-refractivity contribution is -0.670. The highest BCUT2D eigenvalue weighted by molar-refractivity contribution is 5.48. The van der Waals surface area contributed by atoms with E-state index in [0.29, 0.717) is 12.4 Å². The molecule has 0 unspecified atom stereocenters. The van der Waals surface area contributed by atoms with E-state index >= 15 is 0 Å². The van der Waals surface area contributed by atoms with Crippen molar-refractivity contribution in [2.45, 2.75) is 19.8 Å². The topological polar surface area (TPSA) is 96.6 Å². The Labute approximate surface area is 113 Å². The third-order valence-corrected chi connectivity index (χ3v) is 2.78. The van der Waals surface area contributed by atoms with Crippen LogP contribution in [0.1, 0.15) is 18.4 Å². The normalized spacial score (nSPS) is 10.4. The van der Waals surface area contributed by atoms with Gasteiger partial charge in [-0.1, -0.05) is 6.07 Å². The third-order valence-electron chi connectivity index (χ3n) is 2.78. The van der Waals surface area contributed by atoms with Crippen LogP contribution in [-0.4, -0.2) is 31.2 Å². The van der Waals surface area contributed by atoms with Gasteiger partial charge in [-0.25, -0.2) is 0 Å². The number of nitrogens with zero attached hydrogens (tertiary/aromatic N) is 1. The molecule has 0 saturated heterocycles. The van der Waals surface area contributed by atoms with Crippen molar-refractivity contribution in [1.29, 1.82) is 0 Å². The maximum absolute atomic E-state index is 10.9. The van der Waals surface area contributed by atoms with Crippen molar-refractivity contribution in [3.8, 4) is 5.75 Å². The van der Waals surface area contributed by atoms with Crippen molar-refractivity contribution in [1.82, 2.24) is 0 Å². The summed E-state index contributed by atoms with van der Waals surface area (Å²) in [7, 11) is 0. The summed E-state index contributed by atoms with van der Waals surface area (Å²) in [6.07, 6.45) is 1.94. The smallest absolute Gasteiger partial charge is 0.311 e. The Bertz CT molecular complexity index is 410. The van der Waals surface area contributed by atoms with Gasteiger partial charge in [0.05, 0.1) is 18.1 Å². The molecule has 0 heterocycles. The summed E-state index contributed by atoms with van der Waals surface area (Å²) in [5, 5.41) is 13.1. The molecule has 1 aromatic rings. The van der Waals surface area contributed by atoms with Crippen molar-refractivity contribution in [2.24, 2.45) is 0 Å². The van der Waals surface area contributed by atoms with E-state index in [-0.39, 0.29) is 5.69 Å². The first kappa shape index (κ1) is 15.4. The molecule has 5 N–H and O–H groups in total. The van der Waals surface area contributed by atoms with Crippen LogP contribution >= 0.6 is 0 Å². The molecule has 0 aromatic heterocycles. The molecule has 0 bridgehead atoms. The fourth-order valence-electron chi connectivity index (χ4n) is 1.75. The molecule has 0 amide bonds. The number of ether oxygens (including phenoxy) is 1. The first-order valence-electron chi connectivity index (χ1n) is 6.64. The van der Waals surface area contributed by atoms with E-state index in [4.69, 9.17) is 4.74 Å². The standard InChI is InChI=1S/C13H21N3O3/c1-11-4-5-13(12(10-11)16(17)18)19-9-3-2-7-15-8-6-14/h4-5,10,15H,2-3,6-9,14H2,1H3/p+2. The van der Waals surface area contributed by atoms with Crippen molar-refractivity contribution in [3.63, 3.8) is 0 Å². The Morgan fingerprint density at radius 3 is 2.84 bits per heavy atom. The maximum Gasteiger partial charge on any atom is 0.311 e. The third kappa shape index (κ3) is 5.67. The molecule has 106 valence electrons. The molecule has 1 rings (SSSR count). The monoisotopic (exact) mass is 269 g/mol. The van der Waals surface area contributed by atoms with Gasteiger partial charge in [-0.05, 0) is 31.4 Å². The van der Waals surface area contributed by atoms with Gasteiger partial charge in [0.15, 0.2) is 5.75 Å². The average molecular weight is 269 g/mol. The Balaban J connectivity index is 2.35. The molecule has 6 nitrogen and oxygen atoms in total. The Morgan fingerprint density at radius 1 is 1.37 bits per heavy atom. The second-order valence-electron chi connectivity index (χ2n) is 4.50. The number of quaternary nitrogens is 2. The lowest BCUT2D eigenvalue weighted by atomic mass is 10.2. The van der Waals surface area contributed by atoms with Gasteiger partial charge in [-0.2, -0.15) is 0 Å². The molecule has 1 aromatic carbocycles. The van der Waals surface area contributed by atoms with Gasteiger partial charge in [-0.3, -0.25) is 10.1 Å². The highest BCUT2D eigenvalue weighted by atomic mass is 16.6. The SMILES string of the molecule is Cc1ccc(OCCCC[NH2+]CC[NH3+])c([N+](=O)[O-])c1. The number of nitro groups is 1. The highest BCUT2D eigenvalue weighted by Crippen LogP contribution is 2.27. The first-order valence-corrected chi connectivity index (χ1v) is 6.64. The second-order valence-corrected chi connectivity index (χ2v) is 4.50. The number of nitro benzene ring substituents is 1. The first-order chi connectivity index (χ1) is 9.15. The molecule has 0 radical (unpaired) electrons. The molecule has 0 saturated carbocycles. The zero-order valence-electron chi connectivity index (χ0n) is 11.4. The summed E-state index contributed by atoms with van der Waals surface area (Å²) < 4.78 is 5.49. The largest absolute Gasteiger partial charge is 0.487 e. The molecule has 0 spiro atoms. The molecule has 0 atom stereocenters. The fraction of sp³-hybridized carbons (Fsp3) is 0.538. The number of nitrogens with two attached hydrogens (primary N) is 1. The molecule has 6 heteroatoms. The summed E-state index contributed by atoms with van der Waals surface area (Å²) >= 11 is 0. The van der Waals surface area contributed by atoms with Gasteiger partial charge in [-0.15, -0.1) is 0 Å². The molecule has 19 heavy (non-hydrogen) atoms. The Morgan fingerprint density at radius 2 is 2.16 bits per heavy atom.